The molecule has 1 amide bonds. The maximum absolute atomic E-state index is 12.0. The highest BCUT2D eigenvalue weighted by atomic mass is 16.3. The van der Waals surface area contributed by atoms with Crippen LogP contribution >= 0.6 is 0 Å². The van der Waals surface area contributed by atoms with E-state index in [4.69, 9.17) is 10.2 Å². The van der Waals surface area contributed by atoms with Gasteiger partial charge in [0.1, 0.15) is 5.52 Å². The molecule has 5 heteroatoms. The second kappa shape index (κ2) is 5.48. The van der Waals surface area contributed by atoms with Gasteiger partial charge in [0.25, 0.3) is 0 Å². The van der Waals surface area contributed by atoms with Gasteiger partial charge in [0.05, 0.1) is 6.04 Å². The Morgan fingerprint density at radius 2 is 2.24 bits per heavy atom. The molecule has 1 fully saturated rings. The van der Waals surface area contributed by atoms with Crippen LogP contribution in [-0.2, 0) is 4.79 Å². The molecule has 1 unspecified atom stereocenters. The summed E-state index contributed by atoms with van der Waals surface area (Å²) in [5.74, 6) is 1.53. The van der Waals surface area contributed by atoms with Crippen molar-refractivity contribution in [2.45, 2.75) is 45.1 Å². The summed E-state index contributed by atoms with van der Waals surface area (Å²) < 4.78 is 5.70. The van der Waals surface area contributed by atoms with E-state index in [1.165, 1.54) is 0 Å². The minimum Gasteiger partial charge on any atom is -0.440 e. The molecule has 0 aliphatic heterocycles. The maximum Gasteiger partial charge on any atom is 0.241 e. The van der Waals surface area contributed by atoms with Crippen molar-refractivity contribution in [3.8, 4) is 0 Å². The monoisotopic (exact) mass is 287 g/mol. The van der Waals surface area contributed by atoms with E-state index in [1.807, 2.05) is 32.0 Å². The number of amides is 1. The maximum atomic E-state index is 12.0. The first kappa shape index (κ1) is 14.1. The third-order valence-electron chi connectivity index (χ3n) is 3.66. The van der Waals surface area contributed by atoms with Gasteiger partial charge in [-0.05, 0) is 43.4 Å². The molecule has 5 nitrogen and oxygen atoms in total. The largest absolute Gasteiger partial charge is 0.440 e. The van der Waals surface area contributed by atoms with Crippen molar-refractivity contribution in [1.82, 2.24) is 4.98 Å². The summed E-state index contributed by atoms with van der Waals surface area (Å²) in [5, 5.41) is 2.85. The van der Waals surface area contributed by atoms with Crippen molar-refractivity contribution in [3.05, 3.63) is 24.1 Å². The fourth-order valence-electron chi connectivity index (χ4n) is 2.38. The summed E-state index contributed by atoms with van der Waals surface area (Å²) in [6.07, 6.45) is 2.98. The van der Waals surface area contributed by atoms with Crippen LogP contribution in [0.25, 0.3) is 11.1 Å². The normalized spacial score (nSPS) is 16.4. The molecule has 3 rings (SSSR count). The predicted molar refractivity (Wildman–Crippen MR) is 82.0 cm³/mol. The van der Waals surface area contributed by atoms with Gasteiger partial charge < -0.3 is 15.5 Å². The van der Waals surface area contributed by atoms with Crippen LogP contribution in [-0.4, -0.2) is 16.9 Å². The van der Waals surface area contributed by atoms with Gasteiger partial charge in [-0.25, -0.2) is 4.98 Å². The zero-order valence-corrected chi connectivity index (χ0v) is 12.4. The molecule has 3 N–H and O–H groups in total. The van der Waals surface area contributed by atoms with Crippen LogP contribution in [0.2, 0.25) is 0 Å². The Bertz CT molecular complexity index is 659. The smallest absolute Gasteiger partial charge is 0.241 e. The standard InChI is InChI=1S/C16H21N3O2/c1-9(2)7-12(17)15(20)18-11-5-6-14-13(8-11)19-16(21-14)10-3-4-10/h5-6,8-10,12H,3-4,7,17H2,1-2H3,(H,18,20). The zero-order valence-electron chi connectivity index (χ0n) is 12.4. The third-order valence-corrected chi connectivity index (χ3v) is 3.66. The van der Waals surface area contributed by atoms with E-state index in [2.05, 4.69) is 10.3 Å². The van der Waals surface area contributed by atoms with E-state index in [9.17, 15) is 4.79 Å². The van der Waals surface area contributed by atoms with E-state index in [0.29, 0.717) is 23.9 Å². The van der Waals surface area contributed by atoms with Gasteiger partial charge in [0.2, 0.25) is 5.91 Å². The Balaban J connectivity index is 1.73. The summed E-state index contributed by atoms with van der Waals surface area (Å²) in [6.45, 7) is 4.10. The molecule has 0 radical (unpaired) electrons. The molecule has 0 spiro atoms. The predicted octanol–water partition coefficient (Wildman–Crippen LogP) is 3.02. The van der Waals surface area contributed by atoms with Gasteiger partial charge >= 0.3 is 0 Å². The van der Waals surface area contributed by atoms with Crippen LogP contribution in [0.4, 0.5) is 5.69 Å². The molecule has 1 aliphatic rings. The number of carbonyl (C=O) groups is 1. The second-order valence-corrected chi connectivity index (χ2v) is 6.23. The summed E-state index contributed by atoms with van der Waals surface area (Å²) >= 11 is 0. The Kier molecular flexibility index (Phi) is 3.68. The van der Waals surface area contributed by atoms with Crippen molar-refractivity contribution in [3.63, 3.8) is 0 Å². The molecule has 112 valence electrons. The van der Waals surface area contributed by atoms with Crippen molar-refractivity contribution in [2.24, 2.45) is 11.7 Å². The molecule has 1 aromatic carbocycles. The average Bonchev–Trinajstić information content (AvgIpc) is 3.18. The second-order valence-electron chi connectivity index (χ2n) is 6.23. The fourth-order valence-corrected chi connectivity index (χ4v) is 2.38. The molecule has 1 saturated carbocycles. The number of carbonyl (C=O) groups excluding carboxylic acids is 1. The summed E-state index contributed by atoms with van der Waals surface area (Å²) in [7, 11) is 0. The fraction of sp³-hybridized carbons (Fsp3) is 0.500. The summed E-state index contributed by atoms with van der Waals surface area (Å²) in [5.41, 5.74) is 8.14. The highest BCUT2D eigenvalue weighted by Gasteiger charge is 2.28. The molecular formula is C16H21N3O2. The van der Waals surface area contributed by atoms with Crippen LogP contribution in [0.5, 0.6) is 0 Å². The lowest BCUT2D eigenvalue weighted by molar-refractivity contribution is -0.117. The number of rotatable bonds is 5. The Labute approximate surface area is 123 Å². The van der Waals surface area contributed by atoms with Gasteiger partial charge in [0, 0.05) is 11.6 Å². The lowest BCUT2D eigenvalue weighted by atomic mass is 10.0. The molecule has 2 aromatic rings. The van der Waals surface area contributed by atoms with Gasteiger partial charge in [-0.3, -0.25) is 4.79 Å². The highest BCUT2D eigenvalue weighted by Crippen LogP contribution is 2.40. The minimum absolute atomic E-state index is 0.158. The van der Waals surface area contributed by atoms with Crippen molar-refractivity contribution < 1.29 is 9.21 Å². The first-order chi connectivity index (χ1) is 10.0. The zero-order chi connectivity index (χ0) is 15.0. The van der Waals surface area contributed by atoms with Gasteiger partial charge in [-0.15, -0.1) is 0 Å². The number of nitrogens with one attached hydrogen (secondary N) is 1. The molecular weight excluding hydrogens is 266 g/mol. The minimum atomic E-state index is -0.486. The van der Waals surface area contributed by atoms with Crippen molar-refractivity contribution in [2.75, 3.05) is 5.32 Å². The van der Waals surface area contributed by atoms with Crippen LogP contribution in [0, 0.1) is 5.92 Å². The molecule has 1 atom stereocenters. The lowest BCUT2D eigenvalue weighted by Gasteiger charge is -2.14. The quantitative estimate of drug-likeness (QED) is 0.885. The van der Waals surface area contributed by atoms with Crippen LogP contribution in [0.15, 0.2) is 22.6 Å². The third kappa shape index (κ3) is 3.24. The number of fused-ring (bicyclic) bond motifs is 1. The molecule has 21 heavy (non-hydrogen) atoms. The lowest BCUT2D eigenvalue weighted by Crippen LogP contribution is -2.36. The van der Waals surface area contributed by atoms with Crippen LogP contribution in [0.3, 0.4) is 0 Å². The van der Waals surface area contributed by atoms with Crippen molar-refractivity contribution >= 4 is 22.7 Å². The first-order valence-corrected chi connectivity index (χ1v) is 7.50. The average molecular weight is 287 g/mol. The van der Waals surface area contributed by atoms with Gasteiger partial charge in [-0.2, -0.15) is 0 Å². The number of benzene rings is 1. The Hall–Kier alpha value is -1.88. The molecule has 1 aromatic heterocycles. The van der Waals surface area contributed by atoms with Crippen LogP contribution in [0.1, 0.15) is 44.9 Å². The number of anilines is 1. The van der Waals surface area contributed by atoms with Gasteiger partial charge in [0.15, 0.2) is 11.5 Å². The van der Waals surface area contributed by atoms with Crippen LogP contribution < -0.4 is 11.1 Å². The number of nitrogens with two attached hydrogens (primary N) is 1. The van der Waals surface area contributed by atoms with E-state index in [0.717, 1.165) is 29.8 Å². The van der Waals surface area contributed by atoms with E-state index in [1.54, 1.807) is 0 Å². The number of hydrogen-bond donors (Lipinski definition) is 2. The number of oxazole rings is 1. The van der Waals surface area contributed by atoms with E-state index < -0.39 is 6.04 Å². The molecule has 0 saturated heterocycles. The van der Waals surface area contributed by atoms with E-state index in [-0.39, 0.29) is 5.91 Å². The van der Waals surface area contributed by atoms with Gasteiger partial charge in [-0.1, -0.05) is 13.8 Å². The summed E-state index contributed by atoms with van der Waals surface area (Å²) in [4.78, 5) is 16.5. The Morgan fingerprint density at radius 3 is 2.90 bits per heavy atom. The number of aromatic nitrogens is 1. The van der Waals surface area contributed by atoms with Crippen molar-refractivity contribution in [1.29, 1.82) is 0 Å². The Morgan fingerprint density at radius 1 is 1.48 bits per heavy atom. The number of nitrogens with zero attached hydrogens (tertiary/aromatic N) is 1. The molecule has 1 heterocycles. The first-order valence-electron chi connectivity index (χ1n) is 7.50. The molecule has 1 aliphatic carbocycles. The SMILES string of the molecule is CC(C)CC(N)C(=O)Nc1ccc2oc(C3CC3)nc2c1. The molecule has 0 bridgehead atoms. The highest BCUT2D eigenvalue weighted by molar-refractivity contribution is 5.96. The topological polar surface area (TPSA) is 81.2 Å². The number of hydrogen-bond acceptors (Lipinski definition) is 4. The van der Waals surface area contributed by atoms with E-state index >= 15 is 0 Å². The summed E-state index contributed by atoms with van der Waals surface area (Å²) in [6, 6.07) is 5.02.